The monoisotopic (exact) mass is 334 g/mol. The van der Waals surface area contributed by atoms with Crippen molar-refractivity contribution in [1.82, 2.24) is 4.90 Å². The molecule has 3 rings (SSSR count). The molecule has 1 fully saturated rings. The highest BCUT2D eigenvalue weighted by Crippen LogP contribution is 2.32. The predicted octanol–water partition coefficient (Wildman–Crippen LogP) is 3.83. The summed E-state index contributed by atoms with van der Waals surface area (Å²) in [5.74, 6) is 0.945. The first-order valence-electron chi connectivity index (χ1n) is 8.04. The first-order valence-corrected chi connectivity index (χ1v) is 8.04. The Morgan fingerprint density at radius 3 is 2.52 bits per heavy atom. The van der Waals surface area contributed by atoms with Gasteiger partial charge in [-0.05, 0) is 28.9 Å². The Labute approximate surface area is 145 Å². The number of nitrogens with zero attached hydrogens (tertiary/aromatic N) is 1. The lowest BCUT2D eigenvalue weighted by molar-refractivity contribution is 0.0902. The average molecular weight is 335 g/mol. The number of benzene rings is 2. The van der Waals surface area contributed by atoms with Gasteiger partial charge in [0, 0.05) is 31.1 Å². The van der Waals surface area contributed by atoms with Crippen LogP contribution >= 0.6 is 12.4 Å². The average Bonchev–Trinajstić information content (AvgIpc) is 2.51. The molecule has 0 aromatic heterocycles. The highest BCUT2D eigenvalue weighted by Gasteiger charge is 2.33. The Balaban J connectivity index is 0.00000192. The van der Waals surface area contributed by atoms with Gasteiger partial charge in [-0.3, -0.25) is 4.90 Å². The van der Waals surface area contributed by atoms with Crippen LogP contribution < -0.4 is 10.5 Å². The van der Waals surface area contributed by atoms with E-state index in [0.29, 0.717) is 6.04 Å². The fraction of sp³-hybridized carbons (Fsp3) is 0.474. The molecule has 1 heterocycles. The van der Waals surface area contributed by atoms with Crippen LogP contribution in [0.5, 0.6) is 5.75 Å². The van der Waals surface area contributed by atoms with E-state index in [4.69, 9.17) is 10.5 Å². The molecular weight excluding hydrogens is 308 g/mol. The van der Waals surface area contributed by atoms with E-state index in [2.05, 4.69) is 55.1 Å². The maximum absolute atomic E-state index is 6.25. The van der Waals surface area contributed by atoms with Gasteiger partial charge in [0.2, 0.25) is 0 Å². The van der Waals surface area contributed by atoms with Crippen molar-refractivity contribution in [3.05, 3.63) is 42.0 Å². The number of piperidine rings is 1. The van der Waals surface area contributed by atoms with Crippen LogP contribution in [0.2, 0.25) is 0 Å². The van der Waals surface area contributed by atoms with Crippen molar-refractivity contribution in [1.29, 1.82) is 0 Å². The van der Waals surface area contributed by atoms with Crippen LogP contribution in [0.25, 0.3) is 10.8 Å². The summed E-state index contributed by atoms with van der Waals surface area (Å²) >= 11 is 0. The number of fused-ring (bicyclic) bond motifs is 1. The second kappa shape index (κ2) is 7.08. The minimum Gasteiger partial charge on any atom is -0.496 e. The van der Waals surface area contributed by atoms with E-state index >= 15 is 0 Å². The quantitative estimate of drug-likeness (QED) is 0.927. The number of ether oxygens (including phenoxy) is 1. The van der Waals surface area contributed by atoms with Crippen molar-refractivity contribution < 1.29 is 4.74 Å². The summed E-state index contributed by atoms with van der Waals surface area (Å²) in [6, 6.07) is 13.1. The van der Waals surface area contributed by atoms with Gasteiger partial charge in [-0.1, -0.05) is 44.2 Å². The van der Waals surface area contributed by atoms with Gasteiger partial charge in [-0.15, -0.1) is 12.4 Å². The van der Waals surface area contributed by atoms with Crippen molar-refractivity contribution in [2.24, 2.45) is 11.1 Å². The molecule has 2 aromatic rings. The molecule has 126 valence electrons. The largest absolute Gasteiger partial charge is 0.496 e. The van der Waals surface area contributed by atoms with Gasteiger partial charge in [-0.2, -0.15) is 0 Å². The first-order chi connectivity index (χ1) is 10.5. The molecule has 4 heteroatoms. The summed E-state index contributed by atoms with van der Waals surface area (Å²) in [5.41, 5.74) is 7.80. The molecule has 1 aliphatic heterocycles. The van der Waals surface area contributed by atoms with Crippen LogP contribution in [0.15, 0.2) is 36.4 Å². The summed E-state index contributed by atoms with van der Waals surface area (Å²) in [4.78, 5) is 2.53. The Hall–Kier alpha value is -1.29. The van der Waals surface area contributed by atoms with E-state index in [0.717, 1.165) is 31.8 Å². The van der Waals surface area contributed by atoms with E-state index < -0.39 is 0 Å². The minimum atomic E-state index is 0. The van der Waals surface area contributed by atoms with Crippen LogP contribution in [-0.4, -0.2) is 31.1 Å². The first kappa shape index (κ1) is 18.1. The molecule has 2 N–H and O–H groups in total. The smallest absolute Gasteiger partial charge is 0.126 e. The molecule has 1 atom stereocenters. The second-order valence-electron chi connectivity index (χ2n) is 7.07. The van der Waals surface area contributed by atoms with E-state index in [1.54, 1.807) is 7.11 Å². The molecule has 1 aliphatic rings. The summed E-state index contributed by atoms with van der Waals surface area (Å²) in [5, 5.41) is 2.48. The zero-order chi connectivity index (χ0) is 15.7. The Bertz CT molecular complexity index is 671. The summed E-state index contributed by atoms with van der Waals surface area (Å²) in [6.45, 7) is 7.64. The van der Waals surface area contributed by atoms with Gasteiger partial charge in [-0.25, -0.2) is 0 Å². The molecule has 1 saturated heterocycles. The second-order valence-corrected chi connectivity index (χ2v) is 7.07. The van der Waals surface area contributed by atoms with Crippen molar-refractivity contribution in [2.75, 3.05) is 20.2 Å². The number of hydrogen-bond donors (Lipinski definition) is 1. The van der Waals surface area contributed by atoms with Crippen LogP contribution in [0.3, 0.4) is 0 Å². The Morgan fingerprint density at radius 1 is 1.17 bits per heavy atom. The minimum absolute atomic E-state index is 0. The molecule has 0 spiro atoms. The van der Waals surface area contributed by atoms with Crippen LogP contribution in [0, 0.1) is 5.41 Å². The fourth-order valence-electron chi connectivity index (χ4n) is 3.51. The lowest BCUT2D eigenvalue weighted by Crippen LogP contribution is -2.52. The highest BCUT2D eigenvalue weighted by atomic mass is 35.5. The zero-order valence-electron chi connectivity index (χ0n) is 14.2. The maximum atomic E-state index is 6.25. The number of rotatable bonds is 3. The molecule has 0 aliphatic carbocycles. The third-order valence-electron chi connectivity index (χ3n) is 4.98. The van der Waals surface area contributed by atoms with E-state index in [-0.39, 0.29) is 17.8 Å². The molecule has 1 unspecified atom stereocenters. The molecular formula is C19H27ClN2O. The molecule has 3 nitrogen and oxygen atoms in total. The normalized spacial score (nSPS) is 21.0. The van der Waals surface area contributed by atoms with Gasteiger partial charge in [0.25, 0.3) is 0 Å². The summed E-state index contributed by atoms with van der Waals surface area (Å²) in [7, 11) is 1.73. The predicted molar refractivity (Wildman–Crippen MR) is 99.4 cm³/mol. The third kappa shape index (κ3) is 3.63. The van der Waals surface area contributed by atoms with Crippen molar-refractivity contribution >= 4 is 23.2 Å². The summed E-state index contributed by atoms with van der Waals surface area (Å²) < 4.78 is 5.49. The maximum Gasteiger partial charge on any atom is 0.126 e. The molecule has 0 saturated carbocycles. The molecule has 0 bridgehead atoms. The lowest BCUT2D eigenvalue weighted by Gasteiger charge is -2.42. The van der Waals surface area contributed by atoms with Crippen molar-refractivity contribution in [3.8, 4) is 5.75 Å². The van der Waals surface area contributed by atoms with E-state index in [1.165, 1.54) is 16.3 Å². The van der Waals surface area contributed by atoms with Crippen molar-refractivity contribution in [2.45, 2.75) is 32.9 Å². The standard InChI is InChI=1S/C19H26N2O.ClH/c1-19(2)13-21(11-10-18(19)20)12-14-8-9-17(22-3)16-7-5-4-6-15(14)16;/h4-9,18H,10-13,20H2,1-3H3;1H. The van der Waals surface area contributed by atoms with Crippen LogP contribution in [-0.2, 0) is 6.54 Å². The van der Waals surface area contributed by atoms with Gasteiger partial charge in [0.05, 0.1) is 7.11 Å². The molecule has 0 radical (unpaired) electrons. The van der Waals surface area contributed by atoms with E-state index in [1.807, 2.05) is 0 Å². The zero-order valence-corrected chi connectivity index (χ0v) is 15.0. The van der Waals surface area contributed by atoms with Gasteiger partial charge >= 0.3 is 0 Å². The SMILES string of the molecule is COc1ccc(CN2CCC(N)C(C)(C)C2)c2ccccc12.Cl. The Kier molecular flexibility index (Phi) is 5.56. The van der Waals surface area contributed by atoms with Gasteiger partial charge < -0.3 is 10.5 Å². The van der Waals surface area contributed by atoms with Crippen LogP contribution in [0.1, 0.15) is 25.8 Å². The highest BCUT2D eigenvalue weighted by molar-refractivity contribution is 5.91. The fourth-order valence-corrected chi connectivity index (χ4v) is 3.51. The number of methoxy groups -OCH3 is 1. The van der Waals surface area contributed by atoms with Gasteiger partial charge in [0.15, 0.2) is 0 Å². The number of hydrogen-bond acceptors (Lipinski definition) is 3. The third-order valence-corrected chi connectivity index (χ3v) is 4.98. The topological polar surface area (TPSA) is 38.5 Å². The van der Waals surface area contributed by atoms with E-state index in [9.17, 15) is 0 Å². The number of halogens is 1. The lowest BCUT2D eigenvalue weighted by atomic mass is 9.79. The molecule has 23 heavy (non-hydrogen) atoms. The summed E-state index contributed by atoms with van der Waals surface area (Å²) in [6.07, 6.45) is 1.07. The van der Waals surface area contributed by atoms with Crippen LogP contribution in [0.4, 0.5) is 0 Å². The molecule has 2 aromatic carbocycles. The Morgan fingerprint density at radius 2 is 1.87 bits per heavy atom. The van der Waals surface area contributed by atoms with Gasteiger partial charge in [0.1, 0.15) is 5.75 Å². The number of nitrogens with two attached hydrogens (primary N) is 1. The molecule has 0 amide bonds. The number of likely N-dealkylation sites (tertiary alicyclic amines) is 1. The van der Waals surface area contributed by atoms with Crippen molar-refractivity contribution in [3.63, 3.8) is 0 Å².